The van der Waals surface area contributed by atoms with Gasteiger partial charge in [0.15, 0.2) is 0 Å². The summed E-state index contributed by atoms with van der Waals surface area (Å²) in [5, 5.41) is 0. The van der Waals surface area contributed by atoms with E-state index in [1.165, 1.54) is 12.1 Å². The van der Waals surface area contributed by atoms with Crippen molar-refractivity contribution in [2.24, 2.45) is 0 Å². The monoisotopic (exact) mass is 231 g/mol. The summed E-state index contributed by atoms with van der Waals surface area (Å²) in [4.78, 5) is 6.13. The molecule has 0 radical (unpaired) electrons. The molecule has 0 aliphatic rings. The highest BCUT2D eigenvalue weighted by Gasteiger charge is 2.04. The van der Waals surface area contributed by atoms with Gasteiger partial charge in [0.1, 0.15) is 5.82 Å². The van der Waals surface area contributed by atoms with Crippen molar-refractivity contribution in [1.29, 1.82) is 0 Å². The number of rotatable bonds is 3. The molecule has 2 aromatic rings. The van der Waals surface area contributed by atoms with Gasteiger partial charge in [0, 0.05) is 24.6 Å². The Balaban J connectivity index is 2.14. The van der Waals surface area contributed by atoms with E-state index in [1.807, 2.05) is 24.1 Å². The maximum Gasteiger partial charge on any atom is 0.125 e. The number of aromatic nitrogens is 1. The fraction of sp³-hybridized carbons (Fsp3) is 0.154. The maximum atomic E-state index is 13.1. The number of hydrogen-bond acceptors (Lipinski definition) is 3. The first-order chi connectivity index (χ1) is 8.15. The van der Waals surface area contributed by atoms with Gasteiger partial charge in [-0.05, 0) is 30.3 Å². The average molecular weight is 231 g/mol. The summed E-state index contributed by atoms with van der Waals surface area (Å²) in [5.74, 6) is -0.241. The van der Waals surface area contributed by atoms with Crippen LogP contribution < -0.4 is 10.6 Å². The molecule has 2 rings (SSSR count). The van der Waals surface area contributed by atoms with Crippen LogP contribution in [-0.2, 0) is 6.54 Å². The van der Waals surface area contributed by atoms with Crippen molar-refractivity contribution in [3.8, 4) is 0 Å². The molecule has 0 fully saturated rings. The smallest absolute Gasteiger partial charge is 0.125 e. The van der Waals surface area contributed by atoms with Gasteiger partial charge in [0.2, 0.25) is 0 Å². The lowest BCUT2D eigenvalue weighted by Gasteiger charge is -2.18. The minimum Gasteiger partial charge on any atom is -0.399 e. The molecule has 0 saturated heterocycles. The summed E-state index contributed by atoms with van der Waals surface area (Å²) < 4.78 is 13.1. The molecule has 1 heterocycles. The molecule has 17 heavy (non-hydrogen) atoms. The van der Waals surface area contributed by atoms with E-state index >= 15 is 0 Å². The number of anilines is 2. The van der Waals surface area contributed by atoms with Crippen molar-refractivity contribution in [3.05, 3.63) is 54.1 Å². The van der Waals surface area contributed by atoms with Crippen LogP contribution in [0, 0.1) is 5.82 Å². The van der Waals surface area contributed by atoms with E-state index in [9.17, 15) is 4.39 Å². The Morgan fingerprint density at radius 2 is 2.12 bits per heavy atom. The molecule has 88 valence electrons. The maximum absolute atomic E-state index is 13.1. The number of halogens is 1. The van der Waals surface area contributed by atoms with Crippen molar-refractivity contribution in [2.75, 3.05) is 17.7 Å². The fourth-order valence-electron chi connectivity index (χ4n) is 1.63. The number of benzene rings is 1. The second kappa shape index (κ2) is 4.82. The fourth-order valence-corrected chi connectivity index (χ4v) is 1.63. The van der Waals surface area contributed by atoms with E-state index in [-0.39, 0.29) is 5.82 Å². The van der Waals surface area contributed by atoms with E-state index in [0.717, 1.165) is 11.4 Å². The summed E-state index contributed by atoms with van der Waals surface area (Å²) in [6, 6.07) is 10.0. The van der Waals surface area contributed by atoms with Gasteiger partial charge in [0.05, 0.1) is 12.2 Å². The molecule has 2 N–H and O–H groups in total. The molecule has 0 aliphatic heterocycles. The van der Waals surface area contributed by atoms with E-state index in [4.69, 9.17) is 5.73 Å². The van der Waals surface area contributed by atoms with Crippen LogP contribution >= 0.6 is 0 Å². The Morgan fingerprint density at radius 1 is 1.29 bits per heavy atom. The second-order valence-corrected chi connectivity index (χ2v) is 3.92. The van der Waals surface area contributed by atoms with Gasteiger partial charge in [-0.25, -0.2) is 4.39 Å². The Kier molecular flexibility index (Phi) is 3.23. The summed E-state index contributed by atoms with van der Waals surface area (Å²) in [6.07, 6.45) is 1.67. The molecule has 0 unspecified atom stereocenters. The molecular formula is C13H14FN3. The molecule has 0 amide bonds. The molecule has 0 saturated carbocycles. The van der Waals surface area contributed by atoms with Crippen molar-refractivity contribution in [2.45, 2.75) is 6.54 Å². The molecule has 4 heteroatoms. The van der Waals surface area contributed by atoms with Crippen LogP contribution in [0.3, 0.4) is 0 Å². The number of nitrogens with two attached hydrogens (primary N) is 1. The first-order valence-corrected chi connectivity index (χ1v) is 5.32. The van der Waals surface area contributed by atoms with E-state index in [0.29, 0.717) is 12.2 Å². The van der Waals surface area contributed by atoms with E-state index in [1.54, 1.807) is 18.3 Å². The molecule has 3 nitrogen and oxygen atoms in total. The van der Waals surface area contributed by atoms with Crippen LogP contribution in [0.25, 0.3) is 0 Å². The van der Waals surface area contributed by atoms with Gasteiger partial charge in [-0.2, -0.15) is 0 Å². The van der Waals surface area contributed by atoms with Crippen LogP contribution in [0.5, 0.6) is 0 Å². The third kappa shape index (κ3) is 2.93. The van der Waals surface area contributed by atoms with Gasteiger partial charge in [0.25, 0.3) is 0 Å². The molecule has 1 aromatic heterocycles. The summed E-state index contributed by atoms with van der Waals surface area (Å²) in [5.41, 5.74) is 8.03. The Bertz CT molecular complexity index is 514. The van der Waals surface area contributed by atoms with E-state index < -0.39 is 0 Å². The Hall–Kier alpha value is -2.10. The highest BCUT2D eigenvalue weighted by atomic mass is 19.1. The van der Waals surface area contributed by atoms with Crippen LogP contribution in [0.1, 0.15) is 5.69 Å². The third-order valence-electron chi connectivity index (χ3n) is 2.49. The van der Waals surface area contributed by atoms with E-state index in [2.05, 4.69) is 4.98 Å². The Labute approximate surface area is 99.7 Å². The highest BCUT2D eigenvalue weighted by molar-refractivity contribution is 5.46. The zero-order valence-electron chi connectivity index (χ0n) is 9.60. The minimum absolute atomic E-state index is 0.241. The average Bonchev–Trinajstić information content (AvgIpc) is 2.29. The lowest BCUT2D eigenvalue weighted by Crippen LogP contribution is -2.17. The SMILES string of the molecule is CN(Cc1cc(N)ccn1)c1cccc(F)c1. The van der Waals surface area contributed by atoms with Gasteiger partial charge in [-0.1, -0.05) is 6.07 Å². The van der Waals surface area contributed by atoms with Crippen molar-refractivity contribution in [1.82, 2.24) is 4.98 Å². The second-order valence-electron chi connectivity index (χ2n) is 3.92. The van der Waals surface area contributed by atoms with Gasteiger partial charge < -0.3 is 10.6 Å². The Morgan fingerprint density at radius 3 is 2.82 bits per heavy atom. The summed E-state index contributed by atoms with van der Waals surface area (Å²) in [6.45, 7) is 0.592. The summed E-state index contributed by atoms with van der Waals surface area (Å²) >= 11 is 0. The van der Waals surface area contributed by atoms with Crippen molar-refractivity contribution >= 4 is 11.4 Å². The predicted octanol–water partition coefficient (Wildman–Crippen LogP) is 2.44. The first-order valence-electron chi connectivity index (χ1n) is 5.32. The molecule has 0 spiro atoms. The zero-order chi connectivity index (χ0) is 12.3. The van der Waals surface area contributed by atoms with Crippen LogP contribution in [0.15, 0.2) is 42.6 Å². The lowest BCUT2D eigenvalue weighted by molar-refractivity contribution is 0.627. The highest BCUT2D eigenvalue weighted by Crippen LogP contribution is 2.16. The van der Waals surface area contributed by atoms with Gasteiger partial charge in [-0.15, -0.1) is 0 Å². The molecule has 0 aliphatic carbocycles. The topological polar surface area (TPSA) is 42.1 Å². The van der Waals surface area contributed by atoms with Gasteiger partial charge >= 0.3 is 0 Å². The third-order valence-corrected chi connectivity index (χ3v) is 2.49. The molecular weight excluding hydrogens is 217 g/mol. The minimum atomic E-state index is -0.241. The quantitative estimate of drug-likeness (QED) is 0.882. The van der Waals surface area contributed by atoms with Crippen molar-refractivity contribution < 1.29 is 4.39 Å². The number of nitrogens with zero attached hydrogens (tertiary/aromatic N) is 2. The normalized spacial score (nSPS) is 10.2. The van der Waals surface area contributed by atoms with Crippen LogP contribution in [0.4, 0.5) is 15.8 Å². The summed E-state index contributed by atoms with van der Waals surface area (Å²) in [7, 11) is 1.89. The van der Waals surface area contributed by atoms with Crippen LogP contribution in [-0.4, -0.2) is 12.0 Å². The number of hydrogen-bond donors (Lipinski definition) is 1. The predicted molar refractivity (Wildman–Crippen MR) is 67.2 cm³/mol. The zero-order valence-corrected chi connectivity index (χ0v) is 9.60. The molecule has 1 aromatic carbocycles. The molecule has 0 bridgehead atoms. The lowest BCUT2D eigenvalue weighted by atomic mass is 10.2. The largest absolute Gasteiger partial charge is 0.399 e. The van der Waals surface area contributed by atoms with Crippen LogP contribution in [0.2, 0.25) is 0 Å². The first kappa shape index (κ1) is 11.4. The van der Waals surface area contributed by atoms with Gasteiger partial charge in [-0.3, -0.25) is 4.98 Å². The van der Waals surface area contributed by atoms with Crippen molar-refractivity contribution in [3.63, 3.8) is 0 Å². The standard InChI is InChI=1S/C13H14FN3/c1-17(13-4-2-3-10(14)7-13)9-12-8-11(15)5-6-16-12/h2-8H,9H2,1H3,(H2,15,16). The number of pyridine rings is 1. The number of nitrogen functional groups attached to an aromatic ring is 1. The molecule has 0 atom stereocenters.